The Morgan fingerprint density at radius 3 is 2.25 bits per heavy atom. The molecule has 3 unspecified atom stereocenters. The van der Waals surface area contributed by atoms with Gasteiger partial charge in [-0.15, -0.1) is 0 Å². The van der Waals surface area contributed by atoms with Crippen molar-refractivity contribution in [3.63, 3.8) is 0 Å². The van der Waals surface area contributed by atoms with Gasteiger partial charge in [-0.3, -0.25) is 0 Å². The lowest BCUT2D eigenvalue weighted by Gasteiger charge is -2.30. The fourth-order valence-corrected chi connectivity index (χ4v) is 5.09. The topological polar surface area (TPSA) is 12.0 Å². The van der Waals surface area contributed by atoms with Crippen molar-refractivity contribution >= 4 is 0 Å². The van der Waals surface area contributed by atoms with E-state index in [-0.39, 0.29) is 11.6 Å². The number of halogens is 2. The molecule has 3 heteroatoms. The third-order valence-corrected chi connectivity index (χ3v) is 6.93. The molecule has 2 aliphatic rings. The fourth-order valence-electron chi connectivity index (χ4n) is 5.09. The first-order chi connectivity index (χ1) is 13.6. The Balaban J connectivity index is 1.20. The second kappa shape index (κ2) is 8.73. The third-order valence-electron chi connectivity index (χ3n) is 6.93. The van der Waals surface area contributed by atoms with Crippen LogP contribution in [-0.2, 0) is 25.7 Å². The summed E-state index contributed by atoms with van der Waals surface area (Å²) in [5.74, 6) is 1.80. The lowest BCUT2D eigenvalue weighted by Crippen LogP contribution is -2.31. The Hall–Kier alpha value is -1.74. The van der Waals surface area contributed by atoms with E-state index in [0.29, 0.717) is 17.8 Å². The zero-order valence-electron chi connectivity index (χ0n) is 16.8. The molecule has 0 bridgehead atoms. The van der Waals surface area contributed by atoms with Crippen molar-refractivity contribution in [1.29, 1.82) is 0 Å². The molecule has 0 saturated heterocycles. The van der Waals surface area contributed by atoms with Gasteiger partial charge in [0.05, 0.1) is 0 Å². The number of fused-ring (bicyclic) bond motifs is 2. The van der Waals surface area contributed by atoms with Crippen molar-refractivity contribution in [1.82, 2.24) is 5.32 Å². The predicted molar refractivity (Wildman–Crippen MR) is 110 cm³/mol. The zero-order valence-corrected chi connectivity index (χ0v) is 16.8. The summed E-state index contributed by atoms with van der Waals surface area (Å²) >= 11 is 0. The summed E-state index contributed by atoms with van der Waals surface area (Å²) < 4.78 is 26.7. The van der Waals surface area contributed by atoms with Crippen LogP contribution in [0, 0.1) is 29.4 Å². The van der Waals surface area contributed by atoms with E-state index in [4.69, 9.17) is 0 Å². The van der Waals surface area contributed by atoms with Gasteiger partial charge in [-0.2, -0.15) is 0 Å². The maximum atomic E-state index is 13.4. The van der Waals surface area contributed by atoms with E-state index in [2.05, 4.69) is 12.2 Å². The Kier molecular flexibility index (Phi) is 6.10. The van der Waals surface area contributed by atoms with Gasteiger partial charge in [0, 0.05) is 0 Å². The Morgan fingerprint density at radius 1 is 0.893 bits per heavy atom. The Labute approximate surface area is 167 Å². The molecule has 0 heterocycles. The zero-order chi connectivity index (χ0) is 19.5. The molecule has 1 nitrogen and oxygen atoms in total. The second-order valence-electron chi connectivity index (χ2n) is 8.91. The first kappa shape index (κ1) is 19.6. The molecule has 0 aliphatic heterocycles. The van der Waals surface area contributed by atoms with Gasteiger partial charge in [-0.25, -0.2) is 8.78 Å². The Morgan fingerprint density at radius 2 is 1.54 bits per heavy atom. The number of hydrogen-bond acceptors (Lipinski definition) is 1. The molecule has 0 aromatic heterocycles. The van der Waals surface area contributed by atoms with Gasteiger partial charge in [0.1, 0.15) is 11.6 Å². The molecular formula is C25H31F2N. The van der Waals surface area contributed by atoms with E-state index < -0.39 is 0 Å². The first-order valence-corrected chi connectivity index (χ1v) is 10.8. The molecule has 1 N–H and O–H groups in total. The van der Waals surface area contributed by atoms with Crippen molar-refractivity contribution in [2.45, 2.75) is 51.9 Å². The molecule has 150 valence electrons. The predicted octanol–water partition coefficient (Wildman–Crippen LogP) is 5.49. The summed E-state index contributed by atoms with van der Waals surface area (Å²) in [7, 11) is 0. The summed E-state index contributed by atoms with van der Waals surface area (Å²) in [6.45, 7) is 4.45. The van der Waals surface area contributed by atoms with Gasteiger partial charge in [-0.05, 0) is 122 Å². The van der Waals surface area contributed by atoms with Gasteiger partial charge < -0.3 is 5.32 Å². The lowest BCUT2D eigenvalue weighted by molar-refractivity contribution is 0.303. The van der Waals surface area contributed by atoms with Gasteiger partial charge in [-0.1, -0.05) is 19.1 Å². The molecule has 0 radical (unpaired) electrons. The average molecular weight is 384 g/mol. The molecule has 0 fully saturated rings. The van der Waals surface area contributed by atoms with E-state index in [1.54, 1.807) is 24.3 Å². The maximum absolute atomic E-state index is 13.4. The minimum absolute atomic E-state index is 0.108. The first-order valence-electron chi connectivity index (χ1n) is 10.8. The lowest BCUT2D eigenvalue weighted by atomic mass is 9.77. The highest BCUT2D eigenvalue weighted by atomic mass is 19.1. The van der Waals surface area contributed by atoms with Crippen LogP contribution in [0.3, 0.4) is 0 Å². The van der Waals surface area contributed by atoms with Crippen LogP contribution in [0.4, 0.5) is 8.78 Å². The summed E-state index contributed by atoms with van der Waals surface area (Å²) in [4.78, 5) is 0. The van der Waals surface area contributed by atoms with Gasteiger partial charge in [0.25, 0.3) is 0 Å². The quantitative estimate of drug-likeness (QED) is 0.650. The molecule has 0 amide bonds. The highest BCUT2D eigenvalue weighted by Gasteiger charge is 2.24. The van der Waals surface area contributed by atoms with Crippen molar-refractivity contribution in [3.8, 4) is 0 Å². The number of aryl methyl sites for hydroxylation is 2. The van der Waals surface area contributed by atoms with Gasteiger partial charge in [0.2, 0.25) is 0 Å². The number of rotatable bonds is 6. The van der Waals surface area contributed by atoms with Crippen LogP contribution in [0.5, 0.6) is 0 Å². The van der Waals surface area contributed by atoms with Crippen molar-refractivity contribution in [2.24, 2.45) is 17.8 Å². The van der Waals surface area contributed by atoms with Crippen LogP contribution < -0.4 is 5.32 Å². The largest absolute Gasteiger partial charge is 0.316 e. The van der Waals surface area contributed by atoms with Crippen molar-refractivity contribution in [3.05, 3.63) is 70.3 Å². The van der Waals surface area contributed by atoms with Gasteiger partial charge >= 0.3 is 0 Å². The summed E-state index contributed by atoms with van der Waals surface area (Å²) in [5, 5.41) is 3.68. The third kappa shape index (κ3) is 4.63. The van der Waals surface area contributed by atoms with Gasteiger partial charge in [0.15, 0.2) is 0 Å². The van der Waals surface area contributed by atoms with Crippen molar-refractivity contribution < 1.29 is 8.78 Å². The average Bonchev–Trinajstić information content (AvgIpc) is 2.70. The maximum Gasteiger partial charge on any atom is 0.123 e. The summed E-state index contributed by atoms with van der Waals surface area (Å²) in [5.41, 5.74) is 5.08. The minimum atomic E-state index is -0.109. The monoisotopic (exact) mass is 383 g/mol. The number of benzene rings is 2. The smallest absolute Gasteiger partial charge is 0.123 e. The molecule has 3 atom stereocenters. The van der Waals surface area contributed by atoms with E-state index >= 15 is 0 Å². The SMILES string of the molecule is CC(CNCCC1CCc2cc(F)ccc2C1)C1CCc2cc(F)ccc2C1. The molecule has 2 aliphatic carbocycles. The molecule has 28 heavy (non-hydrogen) atoms. The van der Waals surface area contributed by atoms with Crippen LogP contribution in [0.15, 0.2) is 36.4 Å². The van der Waals surface area contributed by atoms with E-state index in [9.17, 15) is 8.78 Å². The fraction of sp³-hybridized carbons (Fsp3) is 0.520. The molecule has 2 aromatic rings. The highest BCUT2D eigenvalue weighted by Crippen LogP contribution is 2.31. The van der Waals surface area contributed by atoms with Crippen LogP contribution in [0.25, 0.3) is 0 Å². The van der Waals surface area contributed by atoms with E-state index in [1.165, 1.54) is 35.1 Å². The number of nitrogens with one attached hydrogen (secondary N) is 1. The van der Waals surface area contributed by atoms with Crippen molar-refractivity contribution in [2.75, 3.05) is 13.1 Å². The minimum Gasteiger partial charge on any atom is -0.316 e. The normalized spacial score (nSPS) is 22.4. The molecule has 0 saturated carbocycles. The molecule has 0 spiro atoms. The van der Waals surface area contributed by atoms with E-state index in [1.807, 2.05) is 12.1 Å². The van der Waals surface area contributed by atoms with Crippen LogP contribution >= 0.6 is 0 Å². The van der Waals surface area contributed by atoms with E-state index in [0.717, 1.165) is 45.2 Å². The Bertz CT molecular complexity index is 816. The van der Waals surface area contributed by atoms with Crippen LogP contribution in [-0.4, -0.2) is 13.1 Å². The summed E-state index contributed by atoms with van der Waals surface area (Å²) in [6, 6.07) is 10.6. The summed E-state index contributed by atoms with van der Waals surface area (Å²) in [6.07, 6.45) is 7.70. The standard InChI is InChI=1S/C25H31F2N/c1-17(19-4-5-23-15-25(27)9-7-21(23)13-19)16-28-11-10-18-2-3-22-14-24(26)8-6-20(22)12-18/h6-9,14-15,17-19,28H,2-5,10-13,16H2,1H3. The second-order valence-corrected chi connectivity index (χ2v) is 8.91. The number of hydrogen-bond donors (Lipinski definition) is 1. The molecule has 4 rings (SSSR count). The molecule has 2 aromatic carbocycles. The molecular weight excluding hydrogens is 352 g/mol. The van der Waals surface area contributed by atoms with Crippen LogP contribution in [0.2, 0.25) is 0 Å². The van der Waals surface area contributed by atoms with Crippen LogP contribution in [0.1, 0.15) is 48.4 Å². The highest BCUT2D eigenvalue weighted by molar-refractivity contribution is 5.31.